The van der Waals surface area contributed by atoms with Gasteiger partial charge >= 0.3 is 0 Å². The van der Waals surface area contributed by atoms with E-state index in [9.17, 15) is 5.11 Å². The van der Waals surface area contributed by atoms with Crippen LogP contribution in [-0.2, 0) is 0 Å². The van der Waals surface area contributed by atoms with E-state index in [0.29, 0.717) is 16.7 Å². The Hall–Kier alpha value is -1.58. The Balaban J connectivity index is 2.17. The van der Waals surface area contributed by atoms with E-state index in [0.717, 1.165) is 5.56 Å². The normalized spacial score (nSPS) is 12.2. The number of aromatic nitrogens is 1. The molecule has 0 radical (unpaired) electrons. The number of ether oxygens (including phenoxy) is 1. The lowest BCUT2D eigenvalue weighted by Crippen LogP contribution is -1.93. The van der Waals surface area contributed by atoms with E-state index in [2.05, 4.69) is 4.98 Å². The van der Waals surface area contributed by atoms with Crippen LogP contribution in [-0.4, -0.2) is 10.1 Å². The van der Waals surface area contributed by atoms with Crippen molar-refractivity contribution in [1.29, 1.82) is 0 Å². The molecule has 1 heterocycles. The minimum Gasteiger partial charge on any atom is -0.437 e. The maximum absolute atomic E-state index is 9.35. The first-order valence-corrected chi connectivity index (χ1v) is 5.61. The van der Waals surface area contributed by atoms with Crippen molar-refractivity contribution in [2.45, 2.75) is 13.0 Å². The second-order valence-corrected chi connectivity index (χ2v) is 4.05. The molecular formula is C13H12ClNO2. The molecular weight excluding hydrogens is 238 g/mol. The number of pyridine rings is 1. The number of hydrogen-bond donors (Lipinski definition) is 1. The average molecular weight is 250 g/mol. The number of rotatable bonds is 3. The summed E-state index contributed by atoms with van der Waals surface area (Å²) in [6, 6.07) is 10.7. The second-order valence-electron chi connectivity index (χ2n) is 3.64. The van der Waals surface area contributed by atoms with Gasteiger partial charge in [0.1, 0.15) is 5.75 Å². The van der Waals surface area contributed by atoms with Crippen LogP contribution in [0.1, 0.15) is 18.6 Å². The molecule has 2 rings (SSSR count). The molecule has 1 N–H and O–H groups in total. The van der Waals surface area contributed by atoms with Crippen molar-refractivity contribution >= 4 is 11.6 Å². The van der Waals surface area contributed by atoms with Crippen LogP contribution in [0.25, 0.3) is 0 Å². The number of halogens is 1. The molecule has 1 atom stereocenters. The summed E-state index contributed by atoms with van der Waals surface area (Å²) in [6.45, 7) is 1.69. The van der Waals surface area contributed by atoms with Gasteiger partial charge in [0.2, 0.25) is 5.88 Å². The largest absolute Gasteiger partial charge is 0.437 e. The first kappa shape index (κ1) is 11.9. The molecule has 4 heteroatoms. The third-order valence-electron chi connectivity index (χ3n) is 2.29. The minimum absolute atomic E-state index is 0.447. The second kappa shape index (κ2) is 5.17. The summed E-state index contributed by atoms with van der Waals surface area (Å²) >= 11 is 5.96. The minimum atomic E-state index is -0.531. The van der Waals surface area contributed by atoms with Gasteiger partial charge in [-0.2, -0.15) is 0 Å². The molecule has 88 valence electrons. The van der Waals surface area contributed by atoms with Crippen molar-refractivity contribution in [3.8, 4) is 11.6 Å². The summed E-state index contributed by atoms with van der Waals surface area (Å²) < 4.78 is 5.52. The number of hydrogen-bond acceptors (Lipinski definition) is 3. The summed E-state index contributed by atoms with van der Waals surface area (Å²) in [5.41, 5.74) is 0.747. The van der Waals surface area contributed by atoms with Gasteiger partial charge in [0.15, 0.2) is 0 Å². The Morgan fingerprint density at radius 3 is 2.59 bits per heavy atom. The fourth-order valence-electron chi connectivity index (χ4n) is 1.34. The van der Waals surface area contributed by atoms with Crippen molar-refractivity contribution in [1.82, 2.24) is 4.98 Å². The third-order valence-corrected chi connectivity index (χ3v) is 2.61. The Morgan fingerprint density at radius 2 is 2.00 bits per heavy atom. The molecule has 0 saturated heterocycles. The number of benzene rings is 1. The Kier molecular flexibility index (Phi) is 3.61. The standard InChI is InChI=1S/C13H12ClNO2/c1-9(16)10-6-7-13(15-8-10)17-12-5-3-2-4-11(12)14/h2-9,16H,1H3. The van der Waals surface area contributed by atoms with Gasteiger partial charge in [-0.05, 0) is 30.7 Å². The van der Waals surface area contributed by atoms with Crippen LogP contribution in [0.5, 0.6) is 11.6 Å². The molecule has 17 heavy (non-hydrogen) atoms. The van der Waals surface area contributed by atoms with Gasteiger partial charge in [0, 0.05) is 12.3 Å². The van der Waals surface area contributed by atoms with Gasteiger partial charge in [0.05, 0.1) is 11.1 Å². The van der Waals surface area contributed by atoms with Gasteiger partial charge in [0.25, 0.3) is 0 Å². The zero-order valence-electron chi connectivity index (χ0n) is 9.30. The summed E-state index contributed by atoms with van der Waals surface area (Å²) in [4.78, 5) is 4.10. The summed E-state index contributed by atoms with van der Waals surface area (Å²) in [6.07, 6.45) is 1.05. The van der Waals surface area contributed by atoms with Gasteiger partial charge in [-0.3, -0.25) is 0 Å². The Bertz CT molecular complexity index is 497. The maximum atomic E-state index is 9.35. The highest BCUT2D eigenvalue weighted by molar-refractivity contribution is 6.32. The van der Waals surface area contributed by atoms with Crippen LogP contribution in [0.4, 0.5) is 0 Å². The smallest absolute Gasteiger partial charge is 0.219 e. The van der Waals surface area contributed by atoms with Crippen LogP contribution >= 0.6 is 11.6 Å². The van der Waals surface area contributed by atoms with Gasteiger partial charge in [-0.15, -0.1) is 0 Å². The fraction of sp³-hybridized carbons (Fsp3) is 0.154. The molecule has 0 spiro atoms. The van der Waals surface area contributed by atoms with E-state index in [1.807, 2.05) is 12.1 Å². The van der Waals surface area contributed by atoms with Crippen LogP contribution in [0, 0.1) is 0 Å². The van der Waals surface area contributed by atoms with Crippen molar-refractivity contribution in [2.75, 3.05) is 0 Å². The molecule has 0 amide bonds. The lowest BCUT2D eigenvalue weighted by Gasteiger charge is -2.08. The summed E-state index contributed by atoms with van der Waals surface area (Å²) in [7, 11) is 0. The molecule has 1 aromatic heterocycles. The van der Waals surface area contributed by atoms with Crippen molar-refractivity contribution in [3.05, 3.63) is 53.2 Å². The van der Waals surface area contributed by atoms with Crippen LogP contribution in [0.15, 0.2) is 42.6 Å². The van der Waals surface area contributed by atoms with Crippen LogP contribution in [0.3, 0.4) is 0 Å². The molecule has 1 aromatic carbocycles. The van der Waals surface area contributed by atoms with Crippen molar-refractivity contribution in [3.63, 3.8) is 0 Å². The van der Waals surface area contributed by atoms with Crippen LogP contribution < -0.4 is 4.74 Å². The SMILES string of the molecule is CC(O)c1ccc(Oc2ccccc2Cl)nc1. The van der Waals surface area contributed by atoms with Gasteiger partial charge in [-0.1, -0.05) is 23.7 Å². The lowest BCUT2D eigenvalue weighted by atomic mass is 10.2. The summed E-state index contributed by atoms with van der Waals surface area (Å²) in [5.74, 6) is 1.01. The van der Waals surface area contributed by atoms with E-state index in [-0.39, 0.29) is 0 Å². The molecule has 3 nitrogen and oxygen atoms in total. The monoisotopic (exact) mass is 249 g/mol. The molecule has 0 bridgehead atoms. The zero-order chi connectivity index (χ0) is 12.3. The van der Waals surface area contributed by atoms with E-state index < -0.39 is 6.10 Å². The predicted octanol–water partition coefficient (Wildman–Crippen LogP) is 3.58. The quantitative estimate of drug-likeness (QED) is 0.904. The Labute approximate surface area is 105 Å². The molecule has 0 saturated carbocycles. The fourth-order valence-corrected chi connectivity index (χ4v) is 1.51. The zero-order valence-corrected chi connectivity index (χ0v) is 10.1. The average Bonchev–Trinajstić information content (AvgIpc) is 2.33. The first-order chi connectivity index (χ1) is 8.16. The molecule has 1 unspecified atom stereocenters. The molecule has 0 aliphatic rings. The molecule has 2 aromatic rings. The third kappa shape index (κ3) is 2.96. The maximum Gasteiger partial charge on any atom is 0.219 e. The van der Waals surface area contributed by atoms with E-state index in [1.54, 1.807) is 37.4 Å². The lowest BCUT2D eigenvalue weighted by molar-refractivity contribution is 0.198. The van der Waals surface area contributed by atoms with Crippen molar-refractivity contribution < 1.29 is 9.84 Å². The number of para-hydroxylation sites is 1. The number of nitrogens with zero attached hydrogens (tertiary/aromatic N) is 1. The topological polar surface area (TPSA) is 42.4 Å². The highest BCUT2D eigenvalue weighted by Crippen LogP contribution is 2.27. The molecule has 0 aliphatic carbocycles. The van der Waals surface area contributed by atoms with Crippen LogP contribution in [0.2, 0.25) is 5.02 Å². The van der Waals surface area contributed by atoms with E-state index in [1.165, 1.54) is 0 Å². The predicted molar refractivity (Wildman–Crippen MR) is 66.4 cm³/mol. The molecule has 0 fully saturated rings. The van der Waals surface area contributed by atoms with Gasteiger partial charge in [-0.25, -0.2) is 4.98 Å². The highest BCUT2D eigenvalue weighted by atomic mass is 35.5. The molecule has 0 aliphatic heterocycles. The first-order valence-electron chi connectivity index (χ1n) is 5.23. The number of aliphatic hydroxyl groups is 1. The van der Waals surface area contributed by atoms with Crippen molar-refractivity contribution in [2.24, 2.45) is 0 Å². The summed E-state index contributed by atoms with van der Waals surface area (Å²) in [5, 5.41) is 9.88. The van der Waals surface area contributed by atoms with E-state index >= 15 is 0 Å². The number of aliphatic hydroxyl groups excluding tert-OH is 1. The van der Waals surface area contributed by atoms with Gasteiger partial charge < -0.3 is 9.84 Å². The Morgan fingerprint density at radius 1 is 1.24 bits per heavy atom. The van der Waals surface area contributed by atoms with E-state index in [4.69, 9.17) is 16.3 Å². The highest BCUT2D eigenvalue weighted by Gasteiger charge is 2.04.